The smallest absolute Gasteiger partial charge is 0.293 e. The van der Waals surface area contributed by atoms with Crippen molar-refractivity contribution in [3.8, 4) is 11.5 Å². The van der Waals surface area contributed by atoms with E-state index < -0.39 is 37.0 Å². The molecular weight excluding hydrogens is 983 g/mol. The molecule has 18 heteroatoms. The fraction of sp³-hybridized carbons (Fsp3) is 0.429. The quantitative estimate of drug-likeness (QED) is 0.0564. The highest BCUT2D eigenvalue weighted by atomic mass is 35.5. The molecule has 1 spiro atoms. The lowest BCUT2D eigenvalue weighted by Gasteiger charge is -2.58. The number of pyridine rings is 1. The molecule has 15 nitrogen and oxygen atoms in total. The van der Waals surface area contributed by atoms with Gasteiger partial charge in [-0.2, -0.15) is 0 Å². The molecule has 4 fully saturated rings. The van der Waals surface area contributed by atoms with Crippen LogP contribution in [0.5, 0.6) is 11.5 Å². The van der Waals surface area contributed by atoms with Crippen molar-refractivity contribution in [1.29, 1.82) is 0 Å². The Labute approximate surface area is 436 Å². The van der Waals surface area contributed by atoms with E-state index in [2.05, 4.69) is 72.8 Å². The van der Waals surface area contributed by atoms with Crippen LogP contribution >= 0.6 is 11.6 Å². The number of nitro benzene ring substituents is 1. The number of nitrogens with zero attached hydrogens (tertiary/aromatic N) is 5. The number of hydrogen-bond donors (Lipinski definition) is 4. The third-order valence-electron chi connectivity index (χ3n) is 16.2. The minimum Gasteiger partial charge on any atom is -0.455 e. The maximum Gasteiger partial charge on any atom is 0.293 e. The first-order chi connectivity index (χ1) is 35.4. The zero-order chi connectivity index (χ0) is 51.9. The second-order valence-corrected chi connectivity index (χ2v) is 23.7. The number of piperazine rings is 1. The van der Waals surface area contributed by atoms with Crippen LogP contribution in [0.25, 0.3) is 11.0 Å². The van der Waals surface area contributed by atoms with Gasteiger partial charge in [0.1, 0.15) is 28.7 Å². The van der Waals surface area contributed by atoms with Crippen molar-refractivity contribution in [2.75, 3.05) is 49.5 Å². The third kappa shape index (κ3) is 11.1. The van der Waals surface area contributed by atoms with E-state index in [1.807, 2.05) is 12.1 Å². The number of benzene rings is 4. The van der Waals surface area contributed by atoms with Gasteiger partial charge in [-0.1, -0.05) is 61.8 Å². The highest BCUT2D eigenvalue weighted by Crippen LogP contribution is 2.53. The number of ether oxygens (including phenoxy) is 1. The van der Waals surface area contributed by atoms with Gasteiger partial charge in [0.25, 0.3) is 21.6 Å². The van der Waals surface area contributed by atoms with Gasteiger partial charge in [0.15, 0.2) is 0 Å². The molecule has 2 aliphatic carbocycles. The normalized spacial score (nSPS) is 21.7. The number of aliphatic hydroxyl groups is 1. The third-order valence-corrected chi connectivity index (χ3v) is 17.8. The number of nitrogens with one attached hydrogen (secondary N) is 3. The van der Waals surface area contributed by atoms with E-state index in [1.54, 1.807) is 49.5 Å². The first-order valence-corrected chi connectivity index (χ1v) is 27.6. The van der Waals surface area contributed by atoms with Crippen LogP contribution in [-0.2, 0) is 16.6 Å². The first kappa shape index (κ1) is 51.4. The Balaban J connectivity index is 0.840. The summed E-state index contributed by atoms with van der Waals surface area (Å²) in [6.45, 7) is 11.8. The molecule has 4 N–H and O–H groups in total. The topological polar surface area (TPSA) is 186 Å². The van der Waals surface area contributed by atoms with Crippen LogP contribution in [0.1, 0.15) is 111 Å². The maximum absolute atomic E-state index is 14.1. The highest BCUT2D eigenvalue weighted by Gasteiger charge is 2.50. The first-order valence-electron chi connectivity index (χ1n) is 25.7. The second kappa shape index (κ2) is 20.9. The zero-order valence-corrected chi connectivity index (χ0v) is 43.6. The predicted octanol–water partition coefficient (Wildman–Crippen LogP) is 11.0. The SMILES string of the molecule is CC(C)c1ccccc1[C@@H]1CN(Cc2ccc(F)cc2)CCN1C1CC2(CCN(c3ccc(C(=O)NS(=O)(=O)c4ccc(NC[C@H]5CC[C@](C)(O)CC5)c([N+](=O)[O-])c4)c(Oc4cnc5[nH]cc(Cl)c5c4)c3)CC2)C1. The van der Waals surface area contributed by atoms with Gasteiger partial charge in [0, 0.05) is 87.3 Å². The van der Waals surface area contributed by atoms with E-state index in [1.165, 1.54) is 29.5 Å². The van der Waals surface area contributed by atoms with E-state index in [-0.39, 0.29) is 45.9 Å². The molecule has 1 amide bonds. The van der Waals surface area contributed by atoms with E-state index in [9.17, 15) is 32.8 Å². The molecule has 0 radical (unpaired) electrons. The Kier molecular flexibility index (Phi) is 14.5. The number of halogens is 2. The van der Waals surface area contributed by atoms with Crippen molar-refractivity contribution in [3.63, 3.8) is 0 Å². The molecule has 4 aromatic carbocycles. The van der Waals surface area contributed by atoms with Gasteiger partial charge in [-0.05, 0) is 135 Å². The largest absolute Gasteiger partial charge is 0.455 e. The molecular formula is C56H64ClFN8O7S. The number of rotatable bonds is 15. The number of hydrogen-bond acceptors (Lipinski definition) is 12. The van der Waals surface area contributed by atoms with Gasteiger partial charge in [-0.25, -0.2) is 22.5 Å². The average Bonchev–Trinajstić information content (AvgIpc) is 3.75. The van der Waals surface area contributed by atoms with Crippen molar-refractivity contribution >= 4 is 55.6 Å². The Morgan fingerprint density at radius 1 is 0.986 bits per heavy atom. The molecule has 6 aromatic rings. The number of carbonyl (C=O) groups is 1. The van der Waals surface area contributed by atoms with Crippen LogP contribution in [0.4, 0.5) is 21.5 Å². The summed E-state index contributed by atoms with van der Waals surface area (Å²) in [6.07, 6.45) is 10.0. The molecule has 1 atom stereocenters. The standard InChI is InChI=1S/C56H64ClFN8O7S/c1-36(2)44-6-4-5-7-45(44)51-35-63(34-38-8-10-39(58)11-9-38)24-25-65(51)41-29-56(30-41)20-22-64(23-21-56)40-12-14-46(52(26-40)73-42-27-47-48(57)33-61-53(47)60-32-42)54(67)62-74(71,72)43-13-15-49(50(28-43)66(69)70)59-31-37-16-18-55(3,68)19-17-37/h4-15,26-28,32-33,36-37,41,51,59,68H,16-25,29-31,34-35H2,1-3H3,(H,60,61)(H,62,67)/t37-,51-,55-/m0/s1. The molecule has 0 bridgehead atoms. The van der Waals surface area contributed by atoms with Crippen LogP contribution in [0.2, 0.25) is 5.02 Å². The van der Waals surface area contributed by atoms with E-state index >= 15 is 0 Å². The number of anilines is 2. The molecule has 2 saturated carbocycles. The molecule has 10 rings (SSSR count). The molecule has 390 valence electrons. The molecule has 2 saturated heterocycles. The highest BCUT2D eigenvalue weighted by molar-refractivity contribution is 7.90. The van der Waals surface area contributed by atoms with Crippen LogP contribution in [0, 0.1) is 27.3 Å². The summed E-state index contributed by atoms with van der Waals surface area (Å²) in [4.78, 5) is 40.2. The Morgan fingerprint density at radius 3 is 2.46 bits per heavy atom. The lowest BCUT2D eigenvalue weighted by atomic mass is 9.59. The Bertz CT molecular complexity index is 3140. The number of aromatic amines is 1. The minimum absolute atomic E-state index is 0.0708. The summed E-state index contributed by atoms with van der Waals surface area (Å²) in [6, 6.07) is 26.7. The number of fused-ring (bicyclic) bond motifs is 1. The zero-order valence-electron chi connectivity index (χ0n) is 42.0. The van der Waals surface area contributed by atoms with Gasteiger partial charge < -0.3 is 25.0 Å². The van der Waals surface area contributed by atoms with Crippen LogP contribution in [0.3, 0.4) is 0 Å². The van der Waals surface area contributed by atoms with Crippen LogP contribution in [0.15, 0.2) is 108 Å². The number of H-pyrrole nitrogens is 1. The van der Waals surface area contributed by atoms with Crippen molar-refractivity contribution in [1.82, 2.24) is 24.5 Å². The number of aromatic nitrogens is 2. The molecule has 2 aliphatic heterocycles. The molecule has 74 heavy (non-hydrogen) atoms. The number of carbonyl (C=O) groups excluding carboxylic acids is 1. The van der Waals surface area contributed by atoms with E-state index in [4.69, 9.17) is 16.3 Å². The number of nitro groups is 1. The number of amides is 1. The van der Waals surface area contributed by atoms with Crippen molar-refractivity contribution in [2.45, 2.75) is 107 Å². The van der Waals surface area contributed by atoms with Gasteiger partial charge >= 0.3 is 0 Å². The number of sulfonamides is 1. The minimum atomic E-state index is -4.62. The Hall–Kier alpha value is -6.11. The van der Waals surface area contributed by atoms with Gasteiger partial charge in [0.2, 0.25) is 0 Å². The van der Waals surface area contributed by atoms with E-state index in [0.717, 1.165) is 95.1 Å². The van der Waals surface area contributed by atoms with Crippen molar-refractivity contribution in [3.05, 3.63) is 147 Å². The van der Waals surface area contributed by atoms with Crippen LogP contribution < -0.4 is 19.7 Å². The summed E-state index contributed by atoms with van der Waals surface area (Å²) in [5.74, 6) is -0.274. The summed E-state index contributed by atoms with van der Waals surface area (Å²) >= 11 is 6.44. The van der Waals surface area contributed by atoms with Crippen LogP contribution in [-0.4, -0.2) is 95.0 Å². The summed E-state index contributed by atoms with van der Waals surface area (Å²) in [7, 11) is -4.62. The van der Waals surface area contributed by atoms with Crippen molar-refractivity contribution < 1.29 is 32.4 Å². The average molecular weight is 1050 g/mol. The lowest BCUT2D eigenvalue weighted by molar-refractivity contribution is -0.384. The summed E-state index contributed by atoms with van der Waals surface area (Å²) in [5, 5.41) is 26.7. The Morgan fingerprint density at radius 2 is 1.73 bits per heavy atom. The molecule has 2 aromatic heterocycles. The molecule has 4 heterocycles. The van der Waals surface area contributed by atoms with E-state index in [0.29, 0.717) is 47.4 Å². The monoisotopic (exact) mass is 1050 g/mol. The van der Waals surface area contributed by atoms with Gasteiger partial charge in [-0.15, -0.1) is 0 Å². The predicted molar refractivity (Wildman–Crippen MR) is 285 cm³/mol. The fourth-order valence-electron chi connectivity index (χ4n) is 11.8. The lowest BCUT2D eigenvalue weighted by Crippen LogP contribution is -2.60. The molecule has 0 unspecified atom stereocenters. The fourth-order valence-corrected chi connectivity index (χ4v) is 13.0. The van der Waals surface area contributed by atoms with Gasteiger partial charge in [-0.3, -0.25) is 24.7 Å². The molecule has 4 aliphatic rings. The maximum atomic E-state index is 14.1. The number of piperidine rings is 1. The van der Waals surface area contributed by atoms with Crippen molar-refractivity contribution in [2.24, 2.45) is 11.3 Å². The van der Waals surface area contributed by atoms with Gasteiger partial charge in [0.05, 0.1) is 32.2 Å². The second-order valence-electron chi connectivity index (χ2n) is 21.6. The summed E-state index contributed by atoms with van der Waals surface area (Å²) in [5.41, 5.74) is 4.33. The summed E-state index contributed by atoms with van der Waals surface area (Å²) < 4.78 is 50.0.